The van der Waals surface area contributed by atoms with Crippen molar-refractivity contribution in [2.24, 2.45) is 0 Å². The Morgan fingerprint density at radius 1 is 0.758 bits per heavy atom. The summed E-state index contributed by atoms with van der Waals surface area (Å²) in [5, 5.41) is 11.5. The molecule has 3 rings (SSSR count). The van der Waals surface area contributed by atoms with Crippen LogP contribution in [0.15, 0.2) is 78.9 Å². The van der Waals surface area contributed by atoms with Gasteiger partial charge in [-0.3, -0.25) is 14.4 Å². The number of hydrogen-bond donors (Lipinski definition) is 4. The Balaban J connectivity index is 1.48. The minimum absolute atomic E-state index is 0.0363. The molecule has 3 aromatic carbocycles. The van der Waals surface area contributed by atoms with Crippen LogP contribution in [0.3, 0.4) is 0 Å². The first-order chi connectivity index (χ1) is 15.9. The molecule has 0 heterocycles. The molecule has 0 spiro atoms. The van der Waals surface area contributed by atoms with Crippen molar-refractivity contribution in [2.45, 2.75) is 26.4 Å². The number of nitrogens with one attached hydrogen (secondary N) is 4. The second-order valence-corrected chi connectivity index (χ2v) is 7.86. The molecule has 0 fully saturated rings. The van der Waals surface area contributed by atoms with E-state index in [0.717, 1.165) is 5.56 Å². The fourth-order valence-corrected chi connectivity index (χ4v) is 3.09. The van der Waals surface area contributed by atoms with Crippen LogP contribution in [0.25, 0.3) is 0 Å². The highest BCUT2D eigenvalue weighted by atomic mass is 16.2. The summed E-state index contributed by atoms with van der Waals surface area (Å²) < 4.78 is 0. The minimum Gasteiger partial charge on any atom is -0.376 e. The highest BCUT2D eigenvalue weighted by Gasteiger charge is 2.09. The monoisotopic (exact) mass is 444 g/mol. The molecule has 170 valence electrons. The van der Waals surface area contributed by atoms with E-state index in [1.807, 2.05) is 44.2 Å². The van der Waals surface area contributed by atoms with Crippen LogP contribution in [-0.2, 0) is 11.3 Å². The SMILES string of the molecule is CC(C)NC(=O)c1cccc(NCC(=O)Nc2ccc(C(=O)NCc3ccccc3)cc2)c1. The van der Waals surface area contributed by atoms with Gasteiger partial charge in [0.25, 0.3) is 11.8 Å². The van der Waals surface area contributed by atoms with E-state index in [2.05, 4.69) is 21.3 Å². The molecule has 3 aromatic rings. The van der Waals surface area contributed by atoms with Crippen molar-refractivity contribution in [2.75, 3.05) is 17.2 Å². The molecule has 7 nitrogen and oxygen atoms in total. The smallest absolute Gasteiger partial charge is 0.251 e. The Kier molecular flexibility index (Phi) is 8.18. The zero-order valence-electron chi connectivity index (χ0n) is 18.7. The molecule has 0 saturated heterocycles. The van der Waals surface area contributed by atoms with Crippen molar-refractivity contribution < 1.29 is 14.4 Å². The summed E-state index contributed by atoms with van der Waals surface area (Å²) in [4.78, 5) is 36.7. The van der Waals surface area contributed by atoms with E-state index in [-0.39, 0.29) is 30.3 Å². The topological polar surface area (TPSA) is 99.3 Å². The van der Waals surface area contributed by atoms with Crippen LogP contribution in [0.1, 0.15) is 40.1 Å². The van der Waals surface area contributed by atoms with E-state index in [1.54, 1.807) is 48.5 Å². The van der Waals surface area contributed by atoms with Gasteiger partial charge in [0.05, 0.1) is 6.54 Å². The second-order valence-electron chi connectivity index (χ2n) is 7.86. The fourth-order valence-electron chi connectivity index (χ4n) is 3.09. The van der Waals surface area contributed by atoms with Gasteiger partial charge >= 0.3 is 0 Å². The van der Waals surface area contributed by atoms with Crippen molar-refractivity contribution >= 4 is 29.1 Å². The maximum atomic E-state index is 12.3. The molecule has 3 amide bonds. The Hall–Kier alpha value is -4.13. The van der Waals surface area contributed by atoms with Gasteiger partial charge in [0.1, 0.15) is 0 Å². The van der Waals surface area contributed by atoms with Crippen molar-refractivity contribution in [3.05, 3.63) is 95.6 Å². The lowest BCUT2D eigenvalue weighted by atomic mass is 10.1. The first kappa shape index (κ1) is 23.5. The number of benzene rings is 3. The molecular weight excluding hydrogens is 416 g/mol. The van der Waals surface area contributed by atoms with Crippen LogP contribution in [0, 0.1) is 0 Å². The first-order valence-corrected chi connectivity index (χ1v) is 10.8. The molecule has 7 heteroatoms. The minimum atomic E-state index is -0.242. The van der Waals surface area contributed by atoms with Crippen molar-refractivity contribution in [1.29, 1.82) is 0 Å². The standard InChI is InChI=1S/C26H28N4O3/c1-18(2)29-26(33)21-9-6-10-23(15-21)27-17-24(31)30-22-13-11-20(12-14-22)25(32)28-16-19-7-4-3-5-8-19/h3-15,18,27H,16-17H2,1-2H3,(H,28,32)(H,29,33)(H,30,31). The van der Waals surface area contributed by atoms with E-state index in [1.165, 1.54) is 0 Å². The van der Waals surface area contributed by atoms with Crippen molar-refractivity contribution in [3.8, 4) is 0 Å². The number of hydrogen-bond acceptors (Lipinski definition) is 4. The zero-order valence-corrected chi connectivity index (χ0v) is 18.7. The maximum Gasteiger partial charge on any atom is 0.251 e. The summed E-state index contributed by atoms with van der Waals surface area (Å²) in [5.41, 5.74) is 3.32. The molecule has 0 aromatic heterocycles. The Labute approximate surface area is 193 Å². The molecular formula is C26H28N4O3. The van der Waals surface area contributed by atoms with E-state index in [4.69, 9.17) is 0 Å². The summed E-state index contributed by atoms with van der Waals surface area (Å²) in [5.74, 6) is -0.584. The number of carbonyl (C=O) groups is 3. The van der Waals surface area contributed by atoms with Gasteiger partial charge in [-0.05, 0) is 61.9 Å². The van der Waals surface area contributed by atoms with Crippen LogP contribution in [0.4, 0.5) is 11.4 Å². The number of anilines is 2. The molecule has 33 heavy (non-hydrogen) atoms. The Morgan fingerprint density at radius 3 is 2.18 bits per heavy atom. The molecule has 4 N–H and O–H groups in total. The number of carbonyl (C=O) groups excluding carboxylic acids is 3. The van der Waals surface area contributed by atoms with Crippen LogP contribution in [0.5, 0.6) is 0 Å². The maximum absolute atomic E-state index is 12.3. The number of rotatable bonds is 9. The van der Waals surface area contributed by atoms with Crippen LogP contribution in [0.2, 0.25) is 0 Å². The normalized spacial score (nSPS) is 10.4. The summed E-state index contributed by atoms with van der Waals surface area (Å²) >= 11 is 0. The highest BCUT2D eigenvalue weighted by molar-refractivity contribution is 5.97. The molecule has 0 aliphatic heterocycles. The average molecular weight is 445 g/mol. The predicted molar refractivity (Wildman–Crippen MR) is 130 cm³/mol. The summed E-state index contributed by atoms with van der Waals surface area (Å²) in [6.07, 6.45) is 0. The van der Waals surface area contributed by atoms with Crippen molar-refractivity contribution in [1.82, 2.24) is 10.6 Å². The second kappa shape index (κ2) is 11.5. The predicted octanol–water partition coefficient (Wildman–Crippen LogP) is 3.81. The first-order valence-electron chi connectivity index (χ1n) is 10.8. The third kappa shape index (κ3) is 7.50. The third-order valence-corrected chi connectivity index (χ3v) is 4.72. The molecule has 0 unspecified atom stereocenters. The van der Waals surface area contributed by atoms with Crippen LogP contribution in [-0.4, -0.2) is 30.3 Å². The molecule has 0 saturated carbocycles. The summed E-state index contributed by atoms with van der Waals surface area (Å²) in [7, 11) is 0. The summed E-state index contributed by atoms with van der Waals surface area (Å²) in [6.45, 7) is 4.28. The molecule has 0 aliphatic carbocycles. The lowest BCUT2D eigenvalue weighted by Gasteiger charge is -2.11. The quantitative estimate of drug-likeness (QED) is 0.403. The van der Waals surface area contributed by atoms with Gasteiger partial charge < -0.3 is 21.3 Å². The average Bonchev–Trinajstić information content (AvgIpc) is 2.82. The number of amides is 3. The Bertz CT molecular complexity index is 1100. The van der Waals surface area contributed by atoms with Gasteiger partial charge in [-0.15, -0.1) is 0 Å². The largest absolute Gasteiger partial charge is 0.376 e. The van der Waals surface area contributed by atoms with E-state index < -0.39 is 0 Å². The lowest BCUT2D eigenvalue weighted by molar-refractivity contribution is -0.114. The summed E-state index contributed by atoms with van der Waals surface area (Å²) in [6, 6.07) is 23.4. The van der Waals surface area contributed by atoms with Crippen LogP contribution >= 0.6 is 0 Å². The molecule has 0 aliphatic rings. The van der Waals surface area contributed by atoms with Crippen LogP contribution < -0.4 is 21.3 Å². The Morgan fingerprint density at radius 2 is 1.48 bits per heavy atom. The van der Waals surface area contributed by atoms with Crippen molar-refractivity contribution in [3.63, 3.8) is 0 Å². The third-order valence-electron chi connectivity index (χ3n) is 4.72. The van der Waals surface area contributed by atoms with Gasteiger partial charge in [-0.25, -0.2) is 0 Å². The fraction of sp³-hybridized carbons (Fsp3) is 0.192. The molecule has 0 atom stereocenters. The highest BCUT2D eigenvalue weighted by Crippen LogP contribution is 2.12. The van der Waals surface area contributed by atoms with Gasteiger partial charge in [0.2, 0.25) is 5.91 Å². The van der Waals surface area contributed by atoms with Gasteiger partial charge in [-0.1, -0.05) is 36.4 Å². The van der Waals surface area contributed by atoms with Gasteiger partial charge in [0.15, 0.2) is 0 Å². The lowest BCUT2D eigenvalue weighted by Crippen LogP contribution is -2.30. The molecule has 0 radical (unpaired) electrons. The van der Waals surface area contributed by atoms with E-state index in [0.29, 0.717) is 29.0 Å². The molecule has 0 bridgehead atoms. The zero-order chi connectivity index (χ0) is 23.6. The van der Waals surface area contributed by atoms with E-state index >= 15 is 0 Å². The van der Waals surface area contributed by atoms with E-state index in [9.17, 15) is 14.4 Å². The van der Waals surface area contributed by atoms with Gasteiger partial charge in [0, 0.05) is 35.1 Å². The van der Waals surface area contributed by atoms with Gasteiger partial charge in [-0.2, -0.15) is 0 Å².